The van der Waals surface area contributed by atoms with Gasteiger partial charge in [0, 0.05) is 17.5 Å². The fourth-order valence-corrected chi connectivity index (χ4v) is 6.48. The molecule has 2 atom stereocenters. The maximum atomic E-state index is 12.8. The molecule has 0 aromatic carbocycles. The zero-order chi connectivity index (χ0) is 16.4. The maximum Gasteiger partial charge on any atom is 0.253 e. The predicted molar refractivity (Wildman–Crippen MR) is 83.5 cm³/mol. The SMILES string of the molecule is Cc1noc(C)c1-c1ccc(S(=O)(=O)N2C[C@@H]3C[C@H]2C(=O)N3)s1. The van der Waals surface area contributed by atoms with Gasteiger partial charge in [0.2, 0.25) is 5.91 Å². The van der Waals surface area contributed by atoms with Gasteiger partial charge in [-0.2, -0.15) is 4.31 Å². The van der Waals surface area contributed by atoms with Gasteiger partial charge in [0.15, 0.2) is 0 Å². The molecule has 7 nitrogen and oxygen atoms in total. The van der Waals surface area contributed by atoms with Gasteiger partial charge in [-0.15, -0.1) is 11.3 Å². The first-order valence-corrected chi connectivity index (χ1v) is 9.49. The monoisotopic (exact) mass is 353 g/mol. The Morgan fingerprint density at radius 1 is 1.39 bits per heavy atom. The number of aryl methyl sites for hydroxylation is 2. The third-order valence-electron chi connectivity index (χ3n) is 4.33. The summed E-state index contributed by atoms with van der Waals surface area (Å²) in [5, 5.41) is 6.69. The predicted octanol–water partition coefficient (Wildman–Crippen LogP) is 1.28. The molecular weight excluding hydrogens is 338 g/mol. The van der Waals surface area contributed by atoms with Crippen LogP contribution < -0.4 is 5.32 Å². The highest BCUT2D eigenvalue weighted by atomic mass is 32.2. The highest BCUT2D eigenvalue weighted by Crippen LogP contribution is 2.38. The van der Waals surface area contributed by atoms with E-state index < -0.39 is 16.1 Å². The first-order chi connectivity index (χ1) is 10.9. The molecule has 4 heterocycles. The van der Waals surface area contributed by atoms with E-state index in [2.05, 4.69) is 10.5 Å². The molecule has 122 valence electrons. The zero-order valence-corrected chi connectivity index (χ0v) is 14.2. The number of hydrogen-bond acceptors (Lipinski definition) is 6. The summed E-state index contributed by atoms with van der Waals surface area (Å²) in [5.74, 6) is 0.459. The Morgan fingerprint density at radius 2 is 2.17 bits per heavy atom. The van der Waals surface area contributed by atoms with Crippen LogP contribution in [0.3, 0.4) is 0 Å². The number of amides is 1. The first-order valence-electron chi connectivity index (χ1n) is 7.23. The van der Waals surface area contributed by atoms with E-state index in [1.807, 2.05) is 6.92 Å². The third kappa shape index (κ3) is 2.14. The highest BCUT2D eigenvalue weighted by Gasteiger charge is 2.49. The largest absolute Gasteiger partial charge is 0.361 e. The minimum absolute atomic E-state index is 0.0655. The summed E-state index contributed by atoms with van der Waals surface area (Å²) in [6, 6.07) is 2.71. The van der Waals surface area contributed by atoms with E-state index in [-0.39, 0.29) is 16.2 Å². The normalized spacial score (nSPS) is 24.3. The van der Waals surface area contributed by atoms with E-state index in [0.717, 1.165) is 16.1 Å². The molecule has 0 aliphatic carbocycles. The fourth-order valence-electron chi connectivity index (χ4n) is 3.25. The topological polar surface area (TPSA) is 92.5 Å². The Morgan fingerprint density at radius 3 is 2.78 bits per heavy atom. The summed E-state index contributed by atoms with van der Waals surface area (Å²) in [6.07, 6.45) is 0.556. The molecule has 4 rings (SSSR count). The average molecular weight is 353 g/mol. The standard InChI is InChI=1S/C14H15N3O4S2/c1-7-13(8(2)21-16-7)11-3-4-12(22-11)23(19,20)17-6-9-5-10(17)14(18)15-9/h3-4,9-10H,5-6H2,1-2H3,(H,15,18)/t9-,10-/m0/s1. The van der Waals surface area contributed by atoms with Crippen molar-refractivity contribution in [2.75, 3.05) is 6.54 Å². The molecule has 0 unspecified atom stereocenters. The van der Waals surface area contributed by atoms with Crippen molar-refractivity contribution in [2.24, 2.45) is 0 Å². The van der Waals surface area contributed by atoms with Gasteiger partial charge >= 0.3 is 0 Å². The van der Waals surface area contributed by atoms with Crippen molar-refractivity contribution in [3.05, 3.63) is 23.6 Å². The third-order valence-corrected chi connectivity index (χ3v) is 7.77. The van der Waals surface area contributed by atoms with Crippen LogP contribution >= 0.6 is 11.3 Å². The lowest BCUT2D eigenvalue weighted by Crippen LogP contribution is -2.49. The molecule has 0 spiro atoms. The molecule has 2 bridgehead atoms. The van der Waals surface area contributed by atoms with E-state index in [1.54, 1.807) is 19.1 Å². The van der Waals surface area contributed by atoms with Crippen LogP contribution in [0.2, 0.25) is 0 Å². The molecule has 2 aromatic rings. The van der Waals surface area contributed by atoms with Crippen molar-refractivity contribution in [2.45, 2.75) is 36.6 Å². The summed E-state index contributed by atoms with van der Waals surface area (Å²) < 4.78 is 32.4. The molecule has 2 aromatic heterocycles. The molecule has 1 N–H and O–H groups in total. The highest BCUT2D eigenvalue weighted by molar-refractivity contribution is 7.91. The van der Waals surface area contributed by atoms with Crippen molar-refractivity contribution in [3.8, 4) is 10.4 Å². The van der Waals surface area contributed by atoms with Crippen molar-refractivity contribution in [3.63, 3.8) is 0 Å². The minimum Gasteiger partial charge on any atom is -0.361 e. The summed E-state index contributed by atoms with van der Waals surface area (Å²) in [7, 11) is -3.66. The number of nitrogens with zero attached hydrogens (tertiary/aromatic N) is 2. The van der Waals surface area contributed by atoms with Crippen LogP contribution in [0.15, 0.2) is 20.9 Å². The Hall–Kier alpha value is -1.71. The van der Waals surface area contributed by atoms with Crippen LogP contribution in [0, 0.1) is 13.8 Å². The van der Waals surface area contributed by atoms with E-state index in [9.17, 15) is 13.2 Å². The summed E-state index contributed by atoms with van der Waals surface area (Å²) >= 11 is 1.18. The van der Waals surface area contributed by atoms with Gasteiger partial charge in [-0.1, -0.05) is 5.16 Å². The Kier molecular flexibility index (Phi) is 3.16. The molecule has 2 fully saturated rings. The Bertz CT molecular complexity index is 880. The maximum absolute atomic E-state index is 12.8. The fraction of sp³-hybridized carbons (Fsp3) is 0.429. The van der Waals surface area contributed by atoms with Gasteiger partial charge in [-0.25, -0.2) is 8.42 Å². The second kappa shape index (κ2) is 4.89. The number of piperazine rings is 1. The molecule has 0 saturated carbocycles. The summed E-state index contributed by atoms with van der Waals surface area (Å²) in [4.78, 5) is 12.6. The van der Waals surface area contributed by atoms with Crippen LogP contribution in [0.5, 0.6) is 0 Å². The molecular formula is C14H15N3O4S2. The number of fused-ring (bicyclic) bond motifs is 2. The van der Waals surface area contributed by atoms with Crippen molar-refractivity contribution < 1.29 is 17.7 Å². The first kappa shape index (κ1) is 14.9. The number of thiophene rings is 1. The van der Waals surface area contributed by atoms with E-state index in [1.165, 1.54) is 15.6 Å². The second-order valence-corrected chi connectivity index (χ2v) is 9.05. The number of hydrogen-bond donors (Lipinski definition) is 1. The summed E-state index contributed by atoms with van der Waals surface area (Å²) in [6.45, 7) is 3.97. The molecule has 0 radical (unpaired) electrons. The number of rotatable bonds is 3. The minimum atomic E-state index is -3.66. The van der Waals surface area contributed by atoms with E-state index >= 15 is 0 Å². The van der Waals surface area contributed by atoms with Gasteiger partial charge in [-0.05, 0) is 32.4 Å². The smallest absolute Gasteiger partial charge is 0.253 e. The summed E-state index contributed by atoms with van der Waals surface area (Å²) in [5.41, 5.74) is 1.56. The quantitative estimate of drug-likeness (QED) is 0.897. The lowest BCUT2D eigenvalue weighted by atomic mass is 10.2. The van der Waals surface area contributed by atoms with Crippen LogP contribution in [0.4, 0.5) is 0 Å². The second-order valence-electron chi connectivity index (χ2n) is 5.85. The van der Waals surface area contributed by atoms with Crippen molar-refractivity contribution in [1.29, 1.82) is 0 Å². The van der Waals surface area contributed by atoms with E-state index in [4.69, 9.17) is 4.52 Å². The van der Waals surface area contributed by atoms with Gasteiger partial charge < -0.3 is 9.84 Å². The molecule has 2 aliphatic heterocycles. The number of nitrogens with one attached hydrogen (secondary N) is 1. The molecule has 2 saturated heterocycles. The van der Waals surface area contributed by atoms with Crippen LogP contribution in [0.25, 0.3) is 10.4 Å². The Balaban J connectivity index is 1.70. The van der Waals surface area contributed by atoms with E-state index in [0.29, 0.717) is 18.7 Å². The average Bonchev–Trinajstić information content (AvgIpc) is 3.22. The lowest BCUT2D eigenvalue weighted by molar-refractivity contribution is -0.123. The zero-order valence-electron chi connectivity index (χ0n) is 12.6. The van der Waals surface area contributed by atoms with Gasteiger partial charge in [-0.3, -0.25) is 4.79 Å². The molecule has 1 amide bonds. The molecule has 2 aliphatic rings. The van der Waals surface area contributed by atoms with Crippen LogP contribution in [-0.4, -0.2) is 42.4 Å². The van der Waals surface area contributed by atoms with Gasteiger partial charge in [0.25, 0.3) is 10.0 Å². The van der Waals surface area contributed by atoms with Gasteiger partial charge in [0.1, 0.15) is 16.0 Å². The van der Waals surface area contributed by atoms with Crippen molar-refractivity contribution in [1.82, 2.24) is 14.8 Å². The van der Waals surface area contributed by atoms with Gasteiger partial charge in [0.05, 0.1) is 11.3 Å². The van der Waals surface area contributed by atoms with Crippen molar-refractivity contribution >= 4 is 27.3 Å². The Labute approximate surface area is 137 Å². The van der Waals surface area contributed by atoms with Crippen LogP contribution in [0.1, 0.15) is 17.9 Å². The molecule has 9 heteroatoms. The number of sulfonamides is 1. The number of carbonyl (C=O) groups is 1. The number of carbonyl (C=O) groups excluding carboxylic acids is 1. The number of aromatic nitrogens is 1. The van der Waals surface area contributed by atoms with Crippen LogP contribution in [-0.2, 0) is 14.8 Å². The lowest BCUT2D eigenvalue weighted by Gasteiger charge is -2.24. The molecule has 23 heavy (non-hydrogen) atoms.